The molecule has 0 amide bonds. The second kappa shape index (κ2) is 2.93. The van der Waals surface area contributed by atoms with E-state index >= 15 is 0 Å². The summed E-state index contributed by atoms with van der Waals surface area (Å²) in [6.07, 6.45) is 6.78. The van der Waals surface area contributed by atoms with Gasteiger partial charge in [-0.15, -0.1) is 17.7 Å². The summed E-state index contributed by atoms with van der Waals surface area (Å²) in [6.45, 7) is 0. The Balaban J connectivity index is 2.93. The molecule has 0 unspecified atom stereocenters. The number of rotatable bonds is 1. The predicted molar refractivity (Wildman–Crippen MR) is 39.2 cm³/mol. The largest absolute Gasteiger partial charge is 0.497 e. The summed E-state index contributed by atoms with van der Waals surface area (Å²) >= 11 is 0. The molecule has 10 heavy (non-hydrogen) atoms. The molecule has 1 nitrogen and oxygen atoms in total. The lowest BCUT2D eigenvalue weighted by Gasteiger charge is -2.01. The lowest BCUT2D eigenvalue weighted by atomic mass is 10.2. The molecule has 0 saturated carbocycles. The summed E-state index contributed by atoms with van der Waals surface area (Å²) in [4.78, 5) is 0. The minimum atomic E-state index is 0.765. The third kappa shape index (κ3) is 1.29. The Morgan fingerprint density at radius 3 is 2.30 bits per heavy atom. The van der Waals surface area contributed by atoms with Crippen molar-refractivity contribution in [3.63, 3.8) is 0 Å². The third-order valence-electron chi connectivity index (χ3n) is 1.23. The summed E-state index contributed by atoms with van der Waals surface area (Å²) in [6, 6.07) is 7.17. The van der Waals surface area contributed by atoms with Crippen LogP contribution in [0.25, 0.3) is 0 Å². The first-order valence-electron chi connectivity index (χ1n) is 2.93. The zero-order valence-corrected chi connectivity index (χ0v) is 5.72. The van der Waals surface area contributed by atoms with Gasteiger partial charge in [0.15, 0.2) is 0 Å². The van der Waals surface area contributed by atoms with Crippen molar-refractivity contribution in [3.8, 4) is 11.7 Å². The minimum Gasteiger partial charge on any atom is -0.497 e. The van der Waals surface area contributed by atoms with E-state index in [2.05, 4.69) is 5.92 Å². The third-order valence-corrected chi connectivity index (χ3v) is 1.23. The Labute approximate surface area is 60.6 Å². The highest BCUT2D eigenvalue weighted by molar-refractivity contribution is 5.35. The summed E-state index contributed by atoms with van der Waals surface area (Å²) in [7, 11) is 1.61. The molecule has 0 bridgehead atoms. The zero-order chi connectivity index (χ0) is 7.40. The van der Waals surface area contributed by atoms with Crippen LogP contribution in [0.5, 0.6) is 5.75 Å². The Morgan fingerprint density at radius 1 is 1.30 bits per heavy atom. The second-order valence-corrected chi connectivity index (χ2v) is 1.85. The monoisotopic (exact) mass is 131 g/mol. The van der Waals surface area contributed by atoms with Crippen molar-refractivity contribution < 1.29 is 4.74 Å². The van der Waals surface area contributed by atoms with Gasteiger partial charge in [-0.25, -0.2) is 0 Å². The van der Waals surface area contributed by atoms with E-state index in [0.717, 1.165) is 11.3 Å². The van der Waals surface area contributed by atoms with Crippen LogP contribution in [0.1, 0.15) is 5.56 Å². The highest BCUT2D eigenvalue weighted by Crippen LogP contribution is 2.09. The summed E-state index contributed by atoms with van der Waals surface area (Å²) in [5, 5.41) is 0. The molecule has 0 spiro atoms. The number of hydrogen-bond donors (Lipinski definition) is 0. The first-order valence-corrected chi connectivity index (χ1v) is 2.93. The van der Waals surface area contributed by atoms with Gasteiger partial charge in [0.25, 0.3) is 0 Å². The fourth-order valence-corrected chi connectivity index (χ4v) is 0.674. The molecule has 1 heteroatoms. The Kier molecular flexibility index (Phi) is 1.96. The molecule has 0 aliphatic heterocycles. The molecule has 0 aliphatic carbocycles. The van der Waals surface area contributed by atoms with Gasteiger partial charge in [0.2, 0.25) is 0 Å². The van der Waals surface area contributed by atoms with E-state index in [1.165, 1.54) is 0 Å². The van der Waals surface area contributed by atoms with E-state index < -0.39 is 0 Å². The smallest absolute Gasteiger partial charge is 0.115 e. The summed E-state index contributed by atoms with van der Waals surface area (Å²) in [5.74, 6) is 3.08. The second-order valence-electron chi connectivity index (χ2n) is 1.85. The molecular formula is C9H7O-. The molecule has 1 aromatic carbocycles. The van der Waals surface area contributed by atoms with Crippen molar-refractivity contribution in [1.29, 1.82) is 0 Å². The maximum atomic E-state index is 6.78. The van der Waals surface area contributed by atoms with Gasteiger partial charge in [-0.1, -0.05) is 0 Å². The van der Waals surface area contributed by atoms with Crippen molar-refractivity contribution >= 4 is 0 Å². The highest BCUT2D eigenvalue weighted by Gasteiger charge is 1.82. The van der Waals surface area contributed by atoms with Crippen LogP contribution in [-0.2, 0) is 0 Å². The van der Waals surface area contributed by atoms with Gasteiger partial charge < -0.3 is 11.2 Å². The van der Waals surface area contributed by atoms with Crippen molar-refractivity contribution in [2.45, 2.75) is 0 Å². The van der Waals surface area contributed by atoms with Crippen LogP contribution in [0.2, 0.25) is 0 Å². The van der Waals surface area contributed by atoms with E-state index in [1.54, 1.807) is 31.4 Å². The number of benzene rings is 1. The molecule has 0 heterocycles. The Hall–Kier alpha value is -1.42. The SMILES string of the molecule is [C-]#Cc1ccc(OC)cc1. The van der Waals surface area contributed by atoms with Crippen LogP contribution >= 0.6 is 0 Å². The van der Waals surface area contributed by atoms with E-state index in [4.69, 9.17) is 11.2 Å². The van der Waals surface area contributed by atoms with Crippen molar-refractivity contribution in [2.75, 3.05) is 7.11 Å². The average molecular weight is 131 g/mol. The van der Waals surface area contributed by atoms with Gasteiger partial charge in [-0.05, 0) is 12.1 Å². The minimum absolute atomic E-state index is 0.765. The molecule has 0 aromatic heterocycles. The molecule has 1 aromatic rings. The molecule has 0 atom stereocenters. The average Bonchev–Trinajstić information content (AvgIpc) is 2.05. The standard InChI is InChI=1S/C9H7O/c1-3-8-4-6-9(10-2)7-5-8/h4-7H,2H3/q-1. The maximum Gasteiger partial charge on any atom is 0.115 e. The Morgan fingerprint density at radius 2 is 1.90 bits per heavy atom. The van der Waals surface area contributed by atoms with Crippen LogP contribution in [-0.4, -0.2) is 7.11 Å². The van der Waals surface area contributed by atoms with Gasteiger partial charge in [0.05, 0.1) is 7.11 Å². The summed E-state index contributed by atoms with van der Waals surface area (Å²) in [5.41, 5.74) is 0.765. The molecule has 1 rings (SSSR count). The normalized spacial score (nSPS) is 8.40. The van der Waals surface area contributed by atoms with Crippen LogP contribution in [0, 0.1) is 12.3 Å². The highest BCUT2D eigenvalue weighted by atomic mass is 16.5. The maximum absolute atomic E-state index is 6.78. The fourth-order valence-electron chi connectivity index (χ4n) is 0.674. The number of methoxy groups -OCH3 is 1. The molecule has 0 radical (unpaired) electrons. The van der Waals surface area contributed by atoms with E-state index in [9.17, 15) is 0 Å². The molecule has 0 fully saturated rings. The van der Waals surface area contributed by atoms with Crippen LogP contribution in [0.3, 0.4) is 0 Å². The van der Waals surface area contributed by atoms with Crippen molar-refractivity contribution in [1.82, 2.24) is 0 Å². The lowest BCUT2D eigenvalue weighted by Crippen LogP contribution is -1.81. The lowest BCUT2D eigenvalue weighted by molar-refractivity contribution is 0.415. The molecule has 50 valence electrons. The van der Waals surface area contributed by atoms with Crippen molar-refractivity contribution in [2.24, 2.45) is 0 Å². The van der Waals surface area contributed by atoms with E-state index in [0.29, 0.717) is 0 Å². The first kappa shape index (κ1) is 6.70. The molecule has 0 aliphatic rings. The van der Waals surface area contributed by atoms with Gasteiger partial charge in [-0.2, -0.15) is 0 Å². The molecular weight excluding hydrogens is 124 g/mol. The fraction of sp³-hybridized carbons (Fsp3) is 0.111. The van der Waals surface area contributed by atoms with E-state index in [-0.39, 0.29) is 0 Å². The van der Waals surface area contributed by atoms with E-state index in [1.807, 2.05) is 0 Å². The van der Waals surface area contributed by atoms with Crippen LogP contribution < -0.4 is 4.74 Å². The topological polar surface area (TPSA) is 9.23 Å². The Bertz CT molecular complexity index is 240. The quantitative estimate of drug-likeness (QED) is 0.416. The first-order chi connectivity index (χ1) is 4.86. The van der Waals surface area contributed by atoms with Gasteiger partial charge >= 0.3 is 0 Å². The van der Waals surface area contributed by atoms with Gasteiger partial charge in [0, 0.05) is 0 Å². The zero-order valence-electron chi connectivity index (χ0n) is 5.72. The number of ether oxygens (including phenoxy) is 1. The van der Waals surface area contributed by atoms with Crippen LogP contribution in [0.15, 0.2) is 24.3 Å². The van der Waals surface area contributed by atoms with Gasteiger partial charge in [0.1, 0.15) is 5.75 Å². The molecule has 0 saturated heterocycles. The van der Waals surface area contributed by atoms with Gasteiger partial charge in [-0.3, -0.25) is 5.92 Å². The summed E-state index contributed by atoms with van der Waals surface area (Å²) < 4.78 is 4.92. The predicted octanol–water partition coefficient (Wildman–Crippen LogP) is 1.63. The number of hydrogen-bond acceptors (Lipinski definition) is 1. The van der Waals surface area contributed by atoms with Crippen molar-refractivity contribution in [3.05, 3.63) is 36.3 Å². The molecule has 0 N–H and O–H groups in total. The van der Waals surface area contributed by atoms with Crippen LogP contribution in [0.4, 0.5) is 0 Å².